The summed E-state index contributed by atoms with van der Waals surface area (Å²) in [6.45, 7) is 2.58. The van der Waals surface area contributed by atoms with E-state index in [-0.39, 0.29) is 5.41 Å². The summed E-state index contributed by atoms with van der Waals surface area (Å²) in [7, 11) is 1.74. The fourth-order valence-corrected chi connectivity index (χ4v) is 3.98. The lowest BCUT2D eigenvalue weighted by atomic mass is 9.74. The molecular formula is C17H25Cl2NO. The van der Waals surface area contributed by atoms with Gasteiger partial charge in [0, 0.05) is 35.7 Å². The van der Waals surface area contributed by atoms with Crippen molar-refractivity contribution in [1.29, 1.82) is 0 Å². The zero-order chi connectivity index (χ0) is 15.1. The molecule has 118 valence electrons. The van der Waals surface area contributed by atoms with Crippen molar-refractivity contribution in [3.8, 4) is 0 Å². The van der Waals surface area contributed by atoms with E-state index in [1.165, 1.54) is 44.1 Å². The van der Waals surface area contributed by atoms with Crippen LogP contribution in [0.3, 0.4) is 0 Å². The second kappa shape index (κ2) is 8.38. The Balaban J connectivity index is 2.21. The SMILES string of the molecule is COCCNCC1(c2ccc(Cl)cc2Cl)CCCCCC1. The number of ether oxygens (including phenoxy) is 1. The van der Waals surface area contributed by atoms with Gasteiger partial charge in [-0.25, -0.2) is 0 Å². The summed E-state index contributed by atoms with van der Waals surface area (Å²) in [5, 5.41) is 5.06. The van der Waals surface area contributed by atoms with Gasteiger partial charge in [0.25, 0.3) is 0 Å². The van der Waals surface area contributed by atoms with Gasteiger partial charge in [-0.3, -0.25) is 0 Å². The predicted molar refractivity (Wildman–Crippen MR) is 90.6 cm³/mol. The molecule has 1 aliphatic rings. The summed E-state index contributed by atoms with van der Waals surface area (Å²) < 4.78 is 5.13. The van der Waals surface area contributed by atoms with E-state index in [9.17, 15) is 0 Å². The third kappa shape index (κ3) is 4.59. The van der Waals surface area contributed by atoms with Crippen molar-refractivity contribution in [1.82, 2.24) is 5.32 Å². The molecule has 0 atom stereocenters. The van der Waals surface area contributed by atoms with E-state index in [0.29, 0.717) is 5.02 Å². The van der Waals surface area contributed by atoms with E-state index >= 15 is 0 Å². The zero-order valence-corrected chi connectivity index (χ0v) is 14.3. The number of nitrogens with one attached hydrogen (secondary N) is 1. The highest BCUT2D eigenvalue weighted by Gasteiger charge is 2.34. The molecule has 0 saturated heterocycles. The predicted octanol–water partition coefficient (Wildman–Crippen LogP) is 4.82. The van der Waals surface area contributed by atoms with Gasteiger partial charge in [-0.15, -0.1) is 0 Å². The largest absolute Gasteiger partial charge is 0.383 e. The molecule has 0 radical (unpaired) electrons. The molecule has 1 saturated carbocycles. The van der Waals surface area contributed by atoms with E-state index in [0.717, 1.165) is 24.7 Å². The molecule has 1 aromatic rings. The van der Waals surface area contributed by atoms with Gasteiger partial charge in [-0.05, 0) is 30.5 Å². The highest BCUT2D eigenvalue weighted by molar-refractivity contribution is 6.35. The molecule has 1 N–H and O–H groups in total. The van der Waals surface area contributed by atoms with Crippen molar-refractivity contribution in [3.05, 3.63) is 33.8 Å². The molecule has 4 heteroatoms. The molecule has 2 rings (SSSR count). The van der Waals surface area contributed by atoms with Crippen LogP contribution >= 0.6 is 23.2 Å². The summed E-state index contributed by atoms with van der Waals surface area (Å²) >= 11 is 12.6. The van der Waals surface area contributed by atoms with Gasteiger partial charge in [0.15, 0.2) is 0 Å². The first-order valence-corrected chi connectivity index (χ1v) is 8.59. The van der Waals surface area contributed by atoms with Crippen LogP contribution in [0.25, 0.3) is 0 Å². The smallest absolute Gasteiger partial charge is 0.0587 e. The van der Waals surface area contributed by atoms with E-state index in [2.05, 4.69) is 11.4 Å². The van der Waals surface area contributed by atoms with Crippen LogP contribution in [0.2, 0.25) is 10.0 Å². The molecule has 2 nitrogen and oxygen atoms in total. The Hall–Kier alpha value is -0.280. The standard InChI is InChI=1S/C17H25Cl2NO/c1-21-11-10-20-13-17(8-4-2-3-5-9-17)15-7-6-14(18)12-16(15)19/h6-7,12,20H,2-5,8-11,13H2,1H3. The topological polar surface area (TPSA) is 21.3 Å². The normalized spacial score (nSPS) is 18.4. The number of hydrogen-bond acceptors (Lipinski definition) is 2. The Labute approximate surface area is 138 Å². The zero-order valence-electron chi connectivity index (χ0n) is 12.8. The van der Waals surface area contributed by atoms with Gasteiger partial charge in [0.05, 0.1) is 6.61 Å². The van der Waals surface area contributed by atoms with Gasteiger partial charge in [0.2, 0.25) is 0 Å². The number of halogens is 2. The van der Waals surface area contributed by atoms with Crippen molar-refractivity contribution in [2.45, 2.75) is 43.9 Å². The molecule has 1 aromatic carbocycles. The molecule has 0 heterocycles. The molecule has 0 aliphatic heterocycles. The molecule has 0 amide bonds. The lowest BCUT2D eigenvalue weighted by Crippen LogP contribution is -2.39. The summed E-state index contributed by atoms with van der Waals surface area (Å²) in [4.78, 5) is 0. The lowest BCUT2D eigenvalue weighted by molar-refractivity contribution is 0.195. The Morgan fingerprint density at radius 2 is 1.86 bits per heavy atom. The molecule has 1 fully saturated rings. The van der Waals surface area contributed by atoms with Crippen LogP contribution in [0.4, 0.5) is 0 Å². The van der Waals surface area contributed by atoms with Gasteiger partial charge < -0.3 is 10.1 Å². The number of benzene rings is 1. The highest BCUT2D eigenvalue weighted by Crippen LogP contribution is 2.41. The third-order valence-electron chi connectivity index (χ3n) is 4.51. The Kier molecular flexibility index (Phi) is 6.81. The van der Waals surface area contributed by atoms with Crippen LogP contribution in [0, 0.1) is 0 Å². The minimum Gasteiger partial charge on any atom is -0.383 e. The quantitative estimate of drug-likeness (QED) is 0.596. The fraction of sp³-hybridized carbons (Fsp3) is 0.647. The molecule has 0 aromatic heterocycles. The molecule has 1 aliphatic carbocycles. The van der Waals surface area contributed by atoms with Crippen LogP contribution in [0.5, 0.6) is 0 Å². The number of rotatable bonds is 6. The first-order valence-electron chi connectivity index (χ1n) is 7.83. The van der Waals surface area contributed by atoms with Crippen LogP contribution in [0.15, 0.2) is 18.2 Å². The van der Waals surface area contributed by atoms with Crippen molar-refractivity contribution in [2.75, 3.05) is 26.8 Å². The third-order valence-corrected chi connectivity index (χ3v) is 5.06. The minimum absolute atomic E-state index is 0.131. The van der Waals surface area contributed by atoms with E-state index in [1.807, 2.05) is 12.1 Å². The number of hydrogen-bond donors (Lipinski definition) is 1. The summed E-state index contributed by atoms with van der Waals surface area (Å²) in [6, 6.07) is 5.96. The monoisotopic (exact) mass is 329 g/mol. The molecule has 0 bridgehead atoms. The molecular weight excluding hydrogens is 305 g/mol. The minimum atomic E-state index is 0.131. The van der Waals surface area contributed by atoms with Crippen molar-refractivity contribution >= 4 is 23.2 Å². The van der Waals surface area contributed by atoms with Crippen molar-refractivity contribution in [3.63, 3.8) is 0 Å². The highest BCUT2D eigenvalue weighted by atomic mass is 35.5. The van der Waals surface area contributed by atoms with Crippen LogP contribution in [0.1, 0.15) is 44.1 Å². The van der Waals surface area contributed by atoms with E-state index < -0.39 is 0 Å². The first kappa shape index (κ1) is 17.1. The maximum Gasteiger partial charge on any atom is 0.0587 e. The molecule has 0 unspecified atom stereocenters. The molecule has 0 spiro atoms. The van der Waals surface area contributed by atoms with Gasteiger partial charge in [0.1, 0.15) is 0 Å². The first-order chi connectivity index (χ1) is 10.2. The lowest BCUT2D eigenvalue weighted by Gasteiger charge is -2.35. The van der Waals surface area contributed by atoms with Crippen LogP contribution < -0.4 is 5.32 Å². The van der Waals surface area contributed by atoms with E-state index in [1.54, 1.807) is 7.11 Å². The summed E-state index contributed by atoms with van der Waals surface area (Å²) in [5.41, 5.74) is 1.38. The van der Waals surface area contributed by atoms with Gasteiger partial charge >= 0.3 is 0 Å². The Bertz CT molecular complexity index is 442. The maximum atomic E-state index is 6.51. The van der Waals surface area contributed by atoms with Gasteiger partial charge in [-0.2, -0.15) is 0 Å². The summed E-state index contributed by atoms with van der Waals surface area (Å²) in [6.07, 6.45) is 7.56. The Morgan fingerprint density at radius 3 is 2.48 bits per heavy atom. The second-order valence-electron chi connectivity index (χ2n) is 5.99. The van der Waals surface area contributed by atoms with E-state index in [4.69, 9.17) is 27.9 Å². The summed E-state index contributed by atoms with van der Waals surface area (Å²) in [5.74, 6) is 0. The van der Waals surface area contributed by atoms with Crippen LogP contribution in [-0.2, 0) is 10.2 Å². The average Bonchev–Trinajstić information content (AvgIpc) is 2.70. The Morgan fingerprint density at radius 1 is 1.14 bits per heavy atom. The molecule has 21 heavy (non-hydrogen) atoms. The van der Waals surface area contributed by atoms with Crippen LogP contribution in [-0.4, -0.2) is 26.8 Å². The second-order valence-corrected chi connectivity index (χ2v) is 6.83. The van der Waals surface area contributed by atoms with Gasteiger partial charge in [-0.1, -0.05) is 55.0 Å². The fourth-order valence-electron chi connectivity index (χ4n) is 3.37. The number of methoxy groups -OCH3 is 1. The maximum absolute atomic E-state index is 6.51. The average molecular weight is 330 g/mol. The van der Waals surface area contributed by atoms with Crippen molar-refractivity contribution in [2.24, 2.45) is 0 Å². The van der Waals surface area contributed by atoms with Crippen molar-refractivity contribution < 1.29 is 4.74 Å².